The predicted molar refractivity (Wildman–Crippen MR) is 226 cm³/mol. The molecule has 2 heterocycles. The molecule has 266 valence electrons. The number of anilines is 6. The van der Waals surface area contributed by atoms with E-state index in [-0.39, 0.29) is 0 Å². The molecule has 6 heteroatoms. The summed E-state index contributed by atoms with van der Waals surface area (Å²) in [7, 11) is 4.24. The van der Waals surface area contributed by atoms with Crippen molar-refractivity contribution in [2.24, 2.45) is 0 Å². The summed E-state index contributed by atoms with van der Waals surface area (Å²) < 4.78 is 4.63. The van der Waals surface area contributed by atoms with E-state index in [4.69, 9.17) is 11.5 Å². The molecule has 0 saturated heterocycles. The Balaban J connectivity index is 1.03. The third-order valence-electron chi connectivity index (χ3n) is 10.9. The second-order valence-corrected chi connectivity index (χ2v) is 14.2. The van der Waals surface area contributed by atoms with Crippen LogP contribution in [0.1, 0.15) is 22.3 Å². The van der Waals surface area contributed by atoms with Crippen molar-refractivity contribution in [1.29, 1.82) is 0 Å². The number of hydrogen-bond donors (Lipinski definition) is 2. The summed E-state index contributed by atoms with van der Waals surface area (Å²) in [5.41, 5.74) is 28.4. The van der Waals surface area contributed by atoms with Crippen LogP contribution < -0.4 is 30.4 Å². The lowest BCUT2D eigenvalue weighted by Crippen LogP contribution is -2.36. The van der Waals surface area contributed by atoms with E-state index < -0.39 is 0 Å². The lowest BCUT2D eigenvalue weighted by atomic mass is 10.0. The van der Waals surface area contributed by atoms with Crippen LogP contribution in [0.4, 0.5) is 34.1 Å². The van der Waals surface area contributed by atoms with Crippen molar-refractivity contribution in [3.8, 4) is 11.1 Å². The zero-order valence-electron chi connectivity index (χ0n) is 31.4. The fourth-order valence-electron chi connectivity index (χ4n) is 7.66. The Hall–Kier alpha value is -6.66. The molecule has 8 rings (SSSR count). The molecular formula is C48H46N6+2. The van der Waals surface area contributed by atoms with Gasteiger partial charge in [-0.15, -0.1) is 0 Å². The van der Waals surface area contributed by atoms with E-state index in [1.165, 1.54) is 33.0 Å². The first-order valence-corrected chi connectivity index (χ1v) is 18.4. The van der Waals surface area contributed by atoms with Gasteiger partial charge in [0.25, 0.3) is 0 Å². The zero-order valence-corrected chi connectivity index (χ0v) is 31.4. The van der Waals surface area contributed by atoms with E-state index in [2.05, 4.69) is 181 Å². The number of fused-ring (bicyclic) bond motifs is 2. The number of rotatable bonds is 9. The van der Waals surface area contributed by atoms with Crippen molar-refractivity contribution in [2.45, 2.75) is 26.9 Å². The highest BCUT2D eigenvalue weighted by Crippen LogP contribution is 2.34. The van der Waals surface area contributed by atoms with E-state index >= 15 is 0 Å². The van der Waals surface area contributed by atoms with E-state index in [0.29, 0.717) is 0 Å². The minimum absolute atomic E-state index is 0.740. The Labute approximate surface area is 317 Å². The normalized spacial score (nSPS) is 11.3. The van der Waals surface area contributed by atoms with Crippen molar-refractivity contribution in [1.82, 2.24) is 0 Å². The molecule has 0 spiro atoms. The Morgan fingerprint density at radius 2 is 0.815 bits per heavy atom. The molecule has 0 bridgehead atoms. The molecule has 0 aliphatic carbocycles. The first-order chi connectivity index (χ1) is 26.3. The molecule has 0 unspecified atom stereocenters. The summed E-state index contributed by atoms with van der Waals surface area (Å²) >= 11 is 0. The van der Waals surface area contributed by atoms with Gasteiger partial charge in [-0.1, -0.05) is 84.9 Å². The molecule has 0 aliphatic rings. The molecule has 2 aromatic heterocycles. The number of benzene rings is 6. The van der Waals surface area contributed by atoms with Gasteiger partial charge in [-0.2, -0.15) is 9.13 Å². The lowest BCUT2D eigenvalue weighted by Gasteiger charge is -2.21. The molecule has 0 amide bonds. The molecule has 0 aliphatic heterocycles. The average molecular weight is 707 g/mol. The van der Waals surface area contributed by atoms with Crippen LogP contribution in [0.2, 0.25) is 0 Å². The van der Waals surface area contributed by atoms with Gasteiger partial charge in [-0.25, -0.2) is 0 Å². The van der Waals surface area contributed by atoms with Gasteiger partial charge in [0.05, 0.1) is 22.1 Å². The zero-order chi connectivity index (χ0) is 37.3. The van der Waals surface area contributed by atoms with Crippen molar-refractivity contribution in [2.75, 3.05) is 35.4 Å². The van der Waals surface area contributed by atoms with Crippen molar-refractivity contribution in [3.63, 3.8) is 0 Å². The van der Waals surface area contributed by atoms with Crippen molar-refractivity contribution in [3.05, 3.63) is 180 Å². The second kappa shape index (κ2) is 14.4. The Morgan fingerprint density at radius 1 is 0.444 bits per heavy atom. The SMILES string of the molecule is Cc1c(N)ccc2c(N(C)c3ccccc3)cc[n+](Cc3ccc(-c4ccc(C[n+]5ccc(N(C)c6ccccc6)c6ccc(N)c(C)c65)cc4)cc3)c12. The molecule has 0 atom stereocenters. The van der Waals surface area contributed by atoms with Gasteiger partial charge in [-0.05, 0) is 73.5 Å². The molecular weight excluding hydrogens is 661 g/mol. The molecule has 4 N–H and O–H groups in total. The van der Waals surface area contributed by atoms with Gasteiger partial charge >= 0.3 is 0 Å². The average Bonchev–Trinajstić information content (AvgIpc) is 3.21. The summed E-state index contributed by atoms with van der Waals surface area (Å²) in [5.74, 6) is 0. The van der Waals surface area contributed by atoms with E-state index in [0.717, 1.165) is 69.4 Å². The molecule has 0 saturated carbocycles. The van der Waals surface area contributed by atoms with Gasteiger partial charge < -0.3 is 21.3 Å². The Bertz CT molecular complexity index is 2420. The molecule has 6 aromatic carbocycles. The number of para-hydroxylation sites is 2. The van der Waals surface area contributed by atoms with E-state index in [9.17, 15) is 0 Å². The molecule has 0 radical (unpaired) electrons. The van der Waals surface area contributed by atoms with Crippen LogP contribution in [0.25, 0.3) is 32.9 Å². The topological polar surface area (TPSA) is 66.3 Å². The van der Waals surface area contributed by atoms with Crippen molar-refractivity contribution < 1.29 is 9.13 Å². The summed E-state index contributed by atoms with van der Waals surface area (Å²) in [6, 6.07) is 51.5. The summed E-state index contributed by atoms with van der Waals surface area (Å²) in [6.07, 6.45) is 4.37. The number of hydrogen-bond acceptors (Lipinski definition) is 4. The first-order valence-electron chi connectivity index (χ1n) is 18.4. The van der Waals surface area contributed by atoms with Gasteiger partial charge in [0.15, 0.2) is 25.5 Å². The van der Waals surface area contributed by atoms with Crippen LogP contribution in [-0.4, -0.2) is 14.1 Å². The maximum atomic E-state index is 6.46. The summed E-state index contributed by atoms with van der Waals surface area (Å²) in [5, 5.41) is 2.35. The van der Waals surface area contributed by atoms with Crippen LogP contribution in [0, 0.1) is 13.8 Å². The number of nitrogen functional groups attached to an aromatic ring is 2. The van der Waals surface area contributed by atoms with Gasteiger partial charge in [0.1, 0.15) is 0 Å². The standard InChI is InChI=1S/C48H44N6/c1-33-43(49)25-23-41-45(51(3)39-11-7-5-8-12-39)27-29-53(47(33)41)31-35-15-19-37(20-16-35)38-21-17-36(18-22-38)32-54-30-28-46(52(4)40-13-9-6-10-14-40)42-24-26-44(50)34(2)48(42)54/h5-30,49-50H,31-32H2,1-4H3/p+2. The molecule has 6 nitrogen and oxygen atoms in total. The highest BCUT2D eigenvalue weighted by molar-refractivity contribution is 5.96. The Kier molecular flexibility index (Phi) is 9.18. The summed E-state index contributed by atoms with van der Waals surface area (Å²) in [6.45, 7) is 5.71. The fourth-order valence-corrected chi connectivity index (χ4v) is 7.66. The highest BCUT2D eigenvalue weighted by Gasteiger charge is 2.22. The third kappa shape index (κ3) is 6.47. The molecule has 0 fully saturated rings. The number of nitrogens with two attached hydrogens (primary N) is 2. The third-order valence-corrected chi connectivity index (χ3v) is 10.9. The van der Waals surface area contributed by atoms with Crippen LogP contribution >= 0.6 is 0 Å². The summed E-state index contributed by atoms with van der Waals surface area (Å²) in [4.78, 5) is 4.48. The highest BCUT2D eigenvalue weighted by atomic mass is 15.1. The minimum Gasteiger partial charge on any atom is -0.398 e. The van der Waals surface area contributed by atoms with Crippen molar-refractivity contribution >= 4 is 55.9 Å². The smallest absolute Gasteiger partial charge is 0.219 e. The van der Waals surface area contributed by atoms with Gasteiger partial charge in [0.2, 0.25) is 11.0 Å². The quantitative estimate of drug-likeness (QED) is 0.116. The number of aryl methyl sites for hydroxylation is 2. The van der Waals surface area contributed by atoms with Crippen LogP contribution in [0.5, 0.6) is 0 Å². The van der Waals surface area contributed by atoms with E-state index in [1.54, 1.807) is 0 Å². The molecule has 8 aromatic rings. The first kappa shape index (κ1) is 34.4. The van der Waals surface area contributed by atoms with Crippen LogP contribution in [-0.2, 0) is 13.1 Å². The number of nitrogens with zero attached hydrogens (tertiary/aromatic N) is 4. The van der Waals surface area contributed by atoms with Crippen LogP contribution in [0.3, 0.4) is 0 Å². The number of aromatic nitrogens is 2. The maximum absolute atomic E-state index is 6.46. The van der Waals surface area contributed by atoms with Crippen LogP contribution in [0.15, 0.2) is 158 Å². The predicted octanol–water partition coefficient (Wildman–Crippen LogP) is 9.65. The second-order valence-electron chi connectivity index (χ2n) is 14.2. The number of pyridine rings is 2. The van der Waals surface area contributed by atoms with Gasteiger partial charge in [0, 0.05) is 71.2 Å². The van der Waals surface area contributed by atoms with Gasteiger partial charge in [-0.3, -0.25) is 0 Å². The monoisotopic (exact) mass is 706 g/mol. The molecule has 54 heavy (non-hydrogen) atoms. The fraction of sp³-hybridized carbons (Fsp3) is 0.125. The maximum Gasteiger partial charge on any atom is 0.219 e. The lowest BCUT2D eigenvalue weighted by molar-refractivity contribution is -0.662. The largest absolute Gasteiger partial charge is 0.398 e. The Morgan fingerprint density at radius 3 is 1.19 bits per heavy atom. The minimum atomic E-state index is 0.740. The van der Waals surface area contributed by atoms with E-state index in [1.807, 2.05) is 24.3 Å².